The van der Waals surface area contributed by atoms with Gasteiger partial charge < -0.3 is 10.4 Å². The molecule has 0 aliphatic heterocycles. The molecule has 20 heavy (non-hydrogen) atoms. The third-order valence-corrected chi connectivity index (χ3v) is 3.75. The molecule has 0 fully saturated rings. The number of anilines is 1. The first-order valence-electron chi connectivity index (χ1n) is 6.31. The minimum absolute atomic E-state index is 0.151. The van der Waals surface area contributed by atoms with Crippen LogP contribution in [0.4, 0.5) is 5.69 Å². The van der Waals surface area contributed by atoms with Gasteiger partial charge in [0.2, 0.25) is 5.91 Å². The normalized spacial score (nSPS) is 10.2. The maximum absolute atomic E-state index is 11.8. The summed E-state index contributed by atoms with van der Waals surface area (Å²) in [5.41, 5.74) is 1.58. The fourth-order valence-corrected chi connectivity index (χ4v) is 2.57. The molecular weight excluding hydrogens is 274 g/mol. The molecule has 2 N–H and O–H groups in total. The largest absolute Gasteiger partial charge is 0.477 e. The molecule has 0 aliphatic rings. The van der Waals surface area contributed by atoms with Gasteiger partial charge in [-0.15, -0.1) is 11.3 Å². The standard InChI is InChI=1S/C15H15NO3S/c17-13(8-4-7-11-5-2-1-3-6-11)16-12-9-10-20-14(12)15(18)19/h1-3,5-6,9-10H,4,7-8H2,(H,16,17)(H,18,19). The maximum Gasteiger partial charge on any atom is 0.348 e. The van der Waals surface area contributed by atoms with Crippen LogP contribution in [0.1, 0.15) is 28.1 Å². The highest BCUT2D eigenvalue weighted by molar-refractivity contribution is 7.12. The summed E-state index contributed by atoms with van der Waals surface area (Å²) in [6, 6.07) is 11.6. The van der Waals surface area contributed by atoms with Crippen molar-refractivity contribution in [3.8, 4) is 0 Å². The van der Waals surface area contributed by atoms with Gasteiger partial charge in [-0.2, -0.15) is 0 Å². The summed E-state index contributed by atoms with van der Waals surface area (Å²) in [7, 11) is 0. The van der Waals surface area contributed by atoms with Crippen molar-refractivity contribution in [1.29, 1.82) is 0 Å². The number of aromatic carboxylic acids is 1. The minimum Gasteiger partial charge on any atom is -0.477 e. The highest BCUT2D eigenvalue weighted by Crippen LogP contribution is 2.22. The van der Waals surface area contributed by atoms with Crippen LogP contribution in [0.15, 0.2) is 41.8 Å². The first kappa shape index (κ1) is 14.3. The van der Waals surface area contributed by atoms with Gasteiger partial charge in [0.15, 0.2) is 0 Å². The van der Waals surface area contributed by atoms with Crippen molar-refractivity contribution in [1.82, 2.24) is 0 Å². The SMILES string of the molecule is O=C(CCCc1ccccc1)Nc1ccsc1C(=O)O. The molecule has 0 saturated carbocycles. The lowest BCUT2D eigenvalue weighted by Crippen LogP contribution is -2.13. The van der Waals surface area contributed by atoms with E-state index in [2.05, 4.69) is 5.32 Å². The van der Waals surface area contributed by atoms with Crippen LogP contribution in [0.3, 0.4) is 0 Å². The lowest BCUT2D eigenvalue weighted by atomic mass is 10.1. The van der Waals surface area contributed by atoms with Gasteiger partial charge >= 0.3 is 5.97 Å². The number of carboxylic acids is 1. The van der Waals surface area contributed by atoms with Gasteiger partial charge in [0.05, 0.1) is 5.69 Å². The minimum atomic E-state index is -1.01. The predicted molar refractivity (Wildman–Crippen MR) is 79.3 cm³/mol. The Balaban J connectivity index is 1.81. The van der Waals surface area contributed by atoms with Crippen LogP contribution in [0.25, 0.3) is 0 Å². The Hall–Kier alpha value is -2.14. The Kier molecular flexibility index (Phi) is 4.90. The molecule has 0 unspecified atom stereocenters. The number of hydrogen-bond acceptors (Lipinski definition) is 3. The summed E-state index contributed by atoms with van der Waals surface area (Å²) in [6.07, 6.45) is 1.95. The fourth-order valence-electron chi connectivity index (χ4n) is 1.88. The van der Waals surface area contributed by atoms with E-state index in [4.69, 9.17) is 5.11 Å². The van der Waals surface area contributed by atoms with Gasteiger partial charge in [0.1, 0.15) is 4.88 Å². The zero-order valence-electron chi connectivity index (χ0n) is 10.8. The lowest BCUT2D eigenvalue weighted by Gasteiger charge is -2.04. The Bertz CT molecular complexity index is 592. The number of aryl methyl sites for hydroxylation is 1. The number of benzene rings is 1. The molecule has 4 nitrogen and oxygen atoms in total. The van der Waals surface area contributed by atoms with E-state index in [0.29, 0.717) is 12.1 Å². The van der Waals surface area contributed by atoms with Crippen molar-refractivity contribution in [2.45, 2.75) is 19.3 Å². The number of carboxylic acid groups (broad SMARTS) is 1. The van der Waals surface area contributed by atoms with E-state index in [9.17, 15) is 9.59 Å². The molecule has 1 heterocycles. The highest BCUT2D eigenvalue weighted by atomic mass is 32.1. The van der Waals surface area contributed by atoms with Crippen LogP contribution in [-0.4, -0.2) is 17.0 Å². The van der Waals surface area contributed by atoms with Gasteiger partial charge in [-0.1, -0.05) is 30.3 Å². The van der Waals surface area contributed by atoms with Crippen molar-refractivity contribution in [2.75, 3.05) is 5.32 Å². The number of carbonyl (C=O) groups is 2. The molecule has 104 valence electrons. The molecule has 2 rings (SSSR count). The summed E-state index contributed by atoms with van der Waals surface area (Å²) >= 11 is 1.11. The first-order valence-corrected chi connectivity index (χ1v) is 7.19. The van der Waals surface area contributed by atoms with Crippen molar-refractivity contribution in [3.63, 3.8) is 0 Å². The molecule has 0 aliphatic carbocycles. The molecule has 1 aromatic heterocycles. The van der Waals surface area contributed by atoms with E-state index < -0.39 is 5.97 Å². The second-order valence-electron chi connectivity index (χ2n) is 4.36. The van der Waals surface area contributed by atoms with Crippen LogP contribution >= 0.6 is 11.3 Å². The molecular formula is C15H15NO3S. The molecule has 0 bridgehead atoms. The van der Waals surface area contributed by atoms with E-state index in [-0.39, 0.29) is 10.8 Å². The maximum atomic E-state index is 11.8. The Morgan fingerprint density at radius 1 is 1.15 bits per heavy atom. The third-order valence-electron chi connectivity index (χ3n) is 2.85. The summed E-state index contributed by atoms with van der Waals surface area (Å²) < 4.78 is 0. The van der Waals surface area contributed by atoms with Crippen LogP contribution in [0.2, 0.25) is 0 Å². The van der Waals surface area contributed by atoms with Crippen LogP contribution in [0.5, 0.6) is 0 Å². The monoisotopic (exact) mass is 289 g/mol. The molecule has 2 aromatic rings. The summed E-state index contributed by atoms with van der Waals surface area (Å²) in [6.45, 7) is 0. The molecule has 0 radical (unpaired) electrons. The average Bonchev–Trinajstić information content (AvgIpc) is 2.88. The van der Waals surface area contributed by atoms with Gasteiger partial charge in [-0.25, -0.2) is 4.79 Å². The number of hydrogen-bond donors (Lipinski definition) is 2. The quantitative estimate of drug-likeness (QED) is 0.856. The van der Waals surface area contributed by atoms with Crippen LogP contribution in [0, 0.1) is 0 Å². The summed E-state index contributed by atoms with van der Waals surface area (Å²) in [5.74, 6) is -1.17. The molecule has 0 saturated heterocycles. The van der Waals surface area contributed by atoms with Crippen LogP contribution < -0.4 is 5.32 Å². The molecule has 0 spiro atoms. The van der Waals surface area contributed by atoms with Gasteiger partial charge in [-0.3, -0.25) is 4.79 Å². The zero-order valence-corrected chi connectivity index (χ0v) is 11.7. The molecule has 5 heteroatoms. The van der Waals surface area contributed by atoms with Gasteiger partial charge in [0, 0.05) is 6.42 Å². The molecule has 1 aromatic carbocycles. The average molecular weight is 289 g/mol. The Morgan fingerprint density at radius 3 is 2.60 bits per heavy atom. The number of nitrogens with one attached hydrogen (secondary N) is 1. The zero-order chi connectivity index (χ0) is 14.4. The topological polar surface area (TPSA) is 66.4 Å². The van der Waals surface area contributed by atoms with E-state index in [1.165, 1.54) is 5.56 Å². The van der Waals surface area contributed by atoms with Crippen molar-refractivity contribution < 1.29 is 14.7 Å². The second kappa shape index (κ2) is 6.86. The Morgan fingerprint density at radius 2 is 1.90 bits per heavy atom. The number of amides is 1. The van der Waals surface area contributed by atoms with Crippen molar-refractivity contribution >= 4 is 28.9 Å². The number of carbonyl (C=O) groups excluding carboxylic acids is 1. The number of rotatable bonds is 6. The molecule has 1 amide bonds. The second-order valence-corrected chi connectivity index (χ2v) is 5.27. The smallest absolute Gasteiger partial charge is 0.348 e. The van der Waals surface area contributed by atoms with E-state index in [1.807, 2.05) is 30.3 Å². The van der Waals surface area contributed by atoms with Gasteiger partial charge in [0.25, 0.3) is 0 Å². The van der Waals surface area contributed by atoms with E-state index in [0.717, 1.165) is 24.2 Å². The number of thiophene rings is 1. The summed E-state index contributed by atoms with van der Waals surface area (Å²) in [4.78, 5) is 22.9. The third kappa shape index (κ3) is 3.93. The van der Waals surface area contributed by atoms with Gasteiger partial charge in [-0.05, 0) is 29.9 Å². The van der Waals surface area contributed by atoms with Crippen molar-refractivity contribution in [2.24, 2.45) is 0 Å². The first-order chi connectivity index (χ1) is 9.66. The predicted octanol–water partition coefficient (Wildman–Crippen LogP) is 3.41. The Labute approximate surface area is 121 Å². The van der Waals surface area contributed by atoms with E-state index >= 15 is 0 Å². The van der Waals surface area contributed by atoms with Crippen LogP contribution in [-0.2, 0) is 11.2 Å². The highest BCUT2D eigenvalue weighted by Gasteiger charge is 2.13. The van der Waals surface area contributed by atoms with E-state index in [1.54, 1.807) is 11.4 Å². The lowest BCUT2D eigenvalue weighted by molar-refractivity contribution is -0.116. The fraction of sp³-hybridized carbons (Fsp3) is 0.200. The van der Waals surface area contributed by atoms with Crippen molar-refractivity contribution in [3.05, 3.63) is 52.2 Å². The molecule has 0 atom stereocenters. The summed E-state index contributed by atoms with van der Waals surface area (Å²) in [5, 5.41) is 13.3.